The SMILES string of the molecule is Cc1cc(C(=O)O)ccc1N=Nc1c(S(=O)(=O)O)cc2cc(NC(=O)c3ccc(C(=O)Nc4ccc5c(O)c(N=Nc6ccc(C(=O)O)cc6C)c(S(=O)(=O)O)cc5c4)cc3)ccc2c1O. The molecule has 7 aromatic rings. The highest BCUT2D eigenvalue weighted by Gasteiger charge is 2.24. The van der Waals surface area contributed by atoms with Gasteiger partial charge in [0.05, 0.1) is 22.5 Å². The minimum absolute atomic E-state index is 0.0202. The van der Waals surface area contributed by atoms with Gasteiger partial charge >= 0.3 is 11.9 Å². The Morgan fingerprint density at radius 2 is 0.818 bits per heavy atom. The van der Waals surface area contributed by atoms with E-state index in [0.29, 0.717) is 11.1 Å². The van der Waals surface area contributed by atoms with Crippen LogP contribution < -0.4 is 10.6 Å². The van der Waals surface area contributed by atoms with Crippen LogP contribution in [0.1, 0.15) is 52.6 Å². The van der Waals surface area contributed by atoms with Crippen LogP contribution in [-0.2, 0) is 20.2 Å². The van der Waals surface area contributed by atoms with Crippen molar-refractivity contribution in [2.45, 2.75) is 23.6 Å². The van der Waals surface area contributed by atoms with Gasteiger partial charge in [-0.3, -0.25) is 18.7 Å². The summed E-state index contributed by atoms with van der Waals surface area (Å²) in [5, 5.41) is 61.8. The first-order valence-corrected chi connectivity index (χ1v) is 21.8. The van der Waals surface area contributed by atoms with Gasteiger partial charge in [-0.15, -0.1) is 10.2 Å². The summed E-state index contributed by atoms with van der Waals surface area (Å²) in [6, 6.07) is 23.5. The Morgan fingerprint density at radius 1 is 0.470 bits per heavy atom. The number of amides is 2. The van der Waals surface area contributed by atoms with Crippen LogP contribution in [0.5, 0.6) is 11.5 Å². The monoisotopic (exact) mass is 932 g/mol. The lowest BCUT2D eigenvalue weighted by Crippen LogP contribution is -2.14. The van der Waals surface area contributed by atoms with Crippen LogP contribution >= 0.6 is 0 Å². The van der Waals surface area contributed by atoms with E-state index in [9.17, 15) is 65.5 Å². The number of phenols is 2. The van der Waals surface area contributed by atoms with Crippen LogP contribution in [0.4, 0.5) is 34.1 Å². The molecule has 7 aromatic carbocycles. The summed E-state index contributed by atoms with van der Waals surface area (Å²) < 4.78 is 69.7. The summed E-state index contributed by atoms with van der Waals surface area (Å²) in [5.41, 5.74) is 0.357. The van der Waals surface area contributed by atoms with E-state index in [1.54, 1.807) is 13.8 Å². The van der Waals surface area contributed by atoms with Crippen LogP contribution in [0, 0.1) is 13.8 Å². The predicted molar refractivity (Wildman–Crippen MR) is 238 cm³/mol. The summed E-state index contributed by atoms with van der Waals surface area (Å²) in [6.07, 6.45) is 0. The molecular formula is C44H32N6O14S2. The van der Waals surface area contributed by atoms with Crippen molar-refractivity contribution in [1.82, 2.24) is 0 Å². The van der Waals surface area contributed by atoms with Crippen molar-refractivity contribution in [3.63, 3.8) is 0 Å². The molecule has 0 aliphatic heterocycles. The number of carbonyl (C=O) groups is 4. The maximum Gasteiger partial charge on any atom is 0.335 e. The van der Waals surface area contributed by atoms with Gasteiger partial charge in [-0.2, -0.15) is 27.1 Å². The fourth-order valence-corrected chi connectivity index (χ4v) is 7.95. The van der Waals surface area contributed by atoms with Crippen molar-refractivity contribution in [3.05, 3.63) is 143 Å². The standard InChI is InChI=1S/C44H32N6O14S2/c1-21-15-25(43(55)56)7-13-33(21)47-49-37-35(65(59,60)61)19-27-17-29(9-11-31(27)39(37)51)45-41(53)23-3-5-24(6-4-23)42(54)46-30-10-12-32-28(18-30)20-36(66(62,63)64)38(40(32)52)50-48-34-14-8-26(44(57)58)16-22(34)2/h3-20,51-52H,1-2H3,(H,45,53)(H,46,54)(H,55,56)(H,57,58)(H,59,60,61)(H,62,63,64). The second kappa shape index (κ2) is 17.6. The van der Waals surface area contributed by atoms with E-state index in [1.807, 2.05) is 0 Å². The fourth-order valence-electron chi connectivity index (χ4n) is 6.63. The van der Waals surface area contributed by atoms with Crippen molar-refractivity contribution < 1.29 is 65.5 Å². The second-order valence-electron chi connectivity index (χ2n) is 14.5. The van der Waals surface area contributed by atoms with Crippen LogP contribution in [0.25, 0.3) is 21.5 Å². The van der Waals surface area contributed by atoms with Crippen molar-refractivity contribution >= 4 is 99.7 Å². The van der Waals surface area contributed by atoms with Crippen molar-refractivity contribution in [2.75, 3.05) is 10.6 Å². The smallest absolute Gasteiger partial charge is 0.335 e. The molecule has 0 aliphatic carbocycles. The van der Waals surface area contributed by atoms with E-state index in [4.69, 9.17) is 0 Å². The number of carboxylic acid groups (broad SMARTS) is 2. The molecule has 0 bridgehead atoms. The average molecular weight is 933 g/mol. The summed E-state index contributed by atoms with van der Waals surface area (Å²) >= 11 is 0. The first kappa shape index (κ1) is 45.6. The minimum Gasteiger partial charge on any atom is -0.505 e. The number of carbonyl (C=O) groups excluding carboxylic acids is 2. The van der Waals surface area contributed by atoms with Crippen molar-refractivity contribution in [3.8, 4) is 11.5 Å². The number of benzene rings is 7. The number of carboxylic acids is 2. The Balaban J connectivity index is 1.08. The molecule has 0 saturated heterocycles. The third-order valence-corrected chi connectivity index (χ3v) is 11.7. The number of nitrogens with zero attached hydrogens (tertiary/aromatic N) is 4. The van der Waals surface area contributed by atoms with E-state index < -0.39 is 76.7 Å². The molecule has 0 unspecified atom stereocenters. The van der Waals surface area contributed by atoms with E-state index in [1.165, 1.54) is 97.1 Å². The van der Waals surface area contributed by atoms with E-state index in [0.717, 1.165) is 12.1 Å². The number of phenolic OH excluding ortho intramolecular Hbond substituents is 2. The van der Waals surface area contributed by atoms with Gasteiger partial charge in [0.25, 0.3) is 32.1 Å². The third-order valence-electron chi connectivity index (χ3n) is 9.99. The Morgan fingerprint density at radius 3 is 1.14 bits per heavy atom. The molecule has 0 spiro atoms. The number of rotatable bonds is 12. The van der Waals surface area contributed by atoms with E-state index >= 15 is 0 Å². The maximum atomic E-state index is 13.2. The van der Waals surface area contributed by atoms with Gasteiger partial charge in [-0.1, -0.05) is 0 Å². The number of anilines is 2. The van der Waals surface area contributed by atoms with Crippen LogP contribution in [0.3, 0.4) is 0 Å². The zero-order valence-electron chi connectivity index (χ0n) is 33.9. The molecule has 0 fully saturated rings. The summed E-state index contributed by atoms with van der Waals surface area (Å²) in [5.74, 6) is -4.97. The van der Waals surface area contributed by atoms with Crippen LogP contribution in [0.2, 0.25) is 0 Å². The molecule has 0 aliphatic rings. The molecule has 0 saturated carbocycles. The molecule has 0 atom stereocenters. The second-order valence-corrected chi connectivity index (χ2v) is 17.2. The third kappa shape index (κ3) is 9.56. The number of aromatic carboxylic acids is 2. The number of nitrogens with one attached hydrogen (secondary N) is 2. The van der Waals surface area contributed by atoms with Crippen molar-refractivity contribution in [1.29, 1.82) is 0 Å². The van der Waals surface area contributed by atoms with Crippen LogP contribution in [-0.4, -0.2) is 70.1 Å². The molecule has 0 radical (unpaired) electrons. The molecule has 7 rings (SSSR count). The van der Waals surface area contributed by atoms with Gasteiger partial charge in [0, 0.05) is 33.3 Å². The molecule has 8 N–H and O–H groups in total. The van der Waals surface area contributed by atoms with Crippen molar-refractivity contribution in [2.24, 2.45) is 20.5 Å². The summed E-state index contributed by atoms with van der Waals surface area (Å²) in [7, 11) is -9.99. The zero-order valence-corrected chi connectivity index (χ0v) is 35.6. The Bertz CT molecular complexity index is 3290. The Kier molecular flexibility index (Phi) is 12.2. The largest absolute Gasteiger partial charge is 0.505 e. The number of hydrogen-bond donors (Lipinski definition) is 8. The normalized spacial score (nSPS) is 11.9. The number of aryl methyl sites for hydroxylation is 2. The highest BCUT2D eigenvalue weighted by atomic mass is 32.2. The van der Waals surface area contributed by atoms with Gasteiger partial charge in [-0.05, 0) is 145 Å². The number of fused-ring (bicyclic) bond motifs is 2. The lowest BCUT2D eigenvalue weighted by molar-refractivity contribution is 0.0686. The van der Waals surface area contributed by atoms with E-state index in [2.05, 4.69) is 31.1 Å². The van der Waals surface area contributed by atoms with Gasteiger partial charge in [0.15, 0.2) is 11.5 Å². The summed E-state index contributed by atoms with van der Waals surface area (Å²) in [6.45, 7) is 3.10. The average Bonchev–Trinajstić information content (AvgIpc) is 3.25. The molecule has 334 valence electrons. The van der Waals surface area contributed by atoms with E-state index in [-0.39, 0.29) is 66.5 Å². The number of azo groups is 2. The predicted octanol–water partition coefficient (Wildman–Crippen LogP) is 9.25. The zero-order chi connectivity index (χ0) is 47.8. The number of hydrogen-bond acceptors (Lipinski definition) is 14. The Hall–Kier alpha value is -8.44. The molecule has 0 aromatic heterocycles. The molecule has 22 heteroatoms. The Labute approximate surface area is 372 Å². The topological polar surface area (TPSA) is 331 Å². The van der Waals surface area contributed by atoms with Gasteiger partial charge in [0.1, 0.15) is 21.2 Å². The minimum atomic E-state index is -5.00. The molecule has 20 nitrogen and oxygen atoms in total. The molecule has 2 amide bonds. The lowest BCUT2D eigenvalue weighted by Gasteiger charge is -2.12. The molecule has 66 heavy (non-hydrogen) atoms. The van der Waals surface area contributed by atoms with Crippen LogP contribution in [0.15, 0.2) is 139 Å². The number of aromatic hydroxyl groups is 2. The van der Waals surface area contributed by atoms with Gasteiger partial charge in [-0.25, -0.2) is 9.59 Å². The molecular weight excluding hydrogens is 901 g/mol. The lowest BCUT2D eigenvalue weighted by atomic mass is 10.1. The quantitative estimate of drug-likeness (QED) is 0.0418. The van der Waals surface area contributed by atoms with Gasteiger partial charge < -0.3 is 31.1 Å². The first-order chi connectivity index (χ1) is 31.1. The highest BCUT2D eigenvalue weighted by Crippen LogP contribution is 2.44. The molecule has 0 heterocycles. The maximum absolute atomic E-state index is 13.2. The first-order valence-electron chi connectivity index (χ1n) is 18.9. The highest BCUT2D eigenvalue weighted by molar-refractivity contribution is 7.86. The fraction of sp³-hybridized carbons (Fsp3) is 0.0455. The summed E-state index contributed by atoms with van der Waals surface area (Å²) in [4.78, 5) is 47.4. The van der Waals surface area contributed by atoms with Gasteiger partial charge in [0.2, 0.25) is 0 Å².